The predicted molar refractivity (Wildman–Crippen MR) is 108 cm³/mol. The van der Waals surface area contributed by atoms with E-state index < -0.39 is 0 Å². The molecule has 0 amide bonds. The van der Waals surface area contributed by atoms with Crippen molar-refractivity contribution in [2.75, 3.05) is 6.61 Å². The molecule has 0 radical (unpaired) electrons. The number of aromatic amines is 2. The number of aryl methyl sites for hydroxylation is 1. The van der Waals surface area contributed by atoms with E-state index in [2.05, 4.69) is 36.2 Å². The molecule has 8 nitrogen and oxygen atoms in total. The summed E-state index contributed by atoms with van der Waals surface area (Å²) in [5.74, 6) is 2.75. The number of fused-ring (bicyclic) bond motifs is 2. The molecule has 2 N–H and O–H groups in total. The third kappa shape index (κ3) is 3.60. The highest BCUT2D eigenvalue weighted by atomic mass is 16.5. The van der Waals surface area contributed by atoms with Crippen LogP contribution in [-0.4, -0.2) is 36.7 Å². The molecule has 0 unspecified atom stereocenters. The number of ether oxygens (including phenoxy) is 2. The normalized spacial score (nSPS) is 11.2. The average molecular weight is 386 g/mol. The molecule has 8 heteroatoms. The zero-order chi connectivity index (χ0) is 19.6. The Bertz CT molecular complexity index is 1280. The maximum absolute atomic E-state index is 6.05. The van der Waals surface area contributed by atoms with Gasteiger partial charge in [0.15, 0.2) is 0 Å². The van der Waals surface area contributed by atoms with Crippen molar-refractivity contribution < 1.29 is 9.47 Å². The van der Waals surface area contributed by atoms with E-state index in [1.807, 2.05) is 43.3 Å². The zero-order valence-corrected chi connectivity index (χ0v) is 15.7. The van der Waals surface area contributed by atoms with Crippen LogP contribution in [0.4, 0.5) is 0 Å². The SMILES string of the molecule is Cc1cc2cc(Oc3ncnc4cc(OCCc5ncn[nH]5)ccc34)ccc2[nH]1. The van der Waals surface area contributed by atoms with Crippen molar-refractivity contribution in [1.29, 1.82) is 0 Å². The molecular formula is C21H18N6O2. The van der Waals surface area contributed by atoms with Gasteiger partial charge in [0, 0.05) is 29.1 Å². The van der Waals surface area contributed by atoms with Crippen molar-refractivity contribution in [3.8, 4) is 17.4 Å². The minimum atomic E-state index is 0.491. The second kappa shape index (κ2) is 7.23. The topological polar surface area (TPSA) is 102 Å². The summed E-state index contributed by atoms with van der Waals surface area (Å²) in [6.07, 6.45) is 3.63. The molecule has 5 aromatic rings. The molecule has 0 aliphatic heterocycles. The zero-order valence-electron chi connectivity index (χ0n) is 15.7. The van der Waals surface area contributed by atoms with Gasteiger partial charge < -0.3 is 14.5 Å². The van der Waals surface area contributed by atoms with E-state index >= 15 is 0 Å². The Morgan fingerprint density at radius 2 is 1.86 bits per heavy atom. The monoisotopic (exact) mass is 386 g/mol. The van der Waals surface area contributed by atoms with Crippen LogP contribution >= 0.6 is 0 Å². The highest BCUT2D eigenvalue weighted by Gasteiger charge is 2.09. The summed E-state index contributed by atoms with van der Waals surface area (Å²) >= 11 is 0. The van der Waals surface area contributed by atoms with Gasteiger partial charge in [-0.05, 0) is 43.3 Å². The van der Waals surface area contributed by atoms with Crippen LogP contribution in [0.2, 0.25) is 0 Å². The van der Waals surface area contributed by atoms with E-state index in [1.165, 1.54) is 12.7 Å². The van der Waals surface area contributed by atoms with Crippen LogP contribution in [0.1, 0.15) is 11.5 Å². The lowest BCUT2D eigenvalue weighted by atomic mass is 10.2. The Kier molecular flexibility index (Phi) is 4.28. The number of nitrogens with zero attached hydrogens (tertiary/aromatic N) is 4. The lowest BCUT2D eigenvalue weighted by Gasteiger charge is -2.09. The van der Waals surface area contributed by atoms with Gasteiger partial charge >= 0.3 is 0 Å². The first-order valence-electron chi connectivity index (χ1n) is 9.24. The van der Waals surface area contributed by atoms with Crippen LogP contribution in [0, 0.1) is 6.92 Å². The first kappa shape index (κ1) is 17.2. The number of rotatable bonds is 6. The lowest BCUT2D eigenvalue weighted by molar-refractivity contribution is 0.319. The van der Waals surface area contributed by atoms with Gasteiger partial charge in [0.05, 0.1) is 17.5 Å². The van der Waals surface area contributed by atoms with E-state index in [0.29, 0.717) is 18.9 Å². The van der Waals surface area contributed by atoms with Crippen LogP contribution < -0.4 is 9.47 Å². The Hall–Kier alpha value is -3.94. The van der Waals surface area contributed by atoms with Crippen molar-refractivity contribution in [3.05, 3.63) is 66.6 Å². The Morgan fingerprint density at radius 3 is 2.76 bits per heavy atom. The molecule has 0 saturated carbocycles. The molecule has 29 heavy (non-hydrogen) atoms. The molecule has 144 valence electrons. The molecule has 0 atom stereocenters. The fourth-order valence-electron chi connectivity index (χ4n) is 3.23. The molecule has 3 heterocycles. The van der Waals surface area contributed by atoms with Gasteiger partial charge in [-0.2, -0.15) is 5.10 Å². The summed E-state index contributed by atoms with van der Waals surface area (Å²) in [6.45, 7) is 2.52. The highest BCUT2D eigenvalue weighted by molar-refractivity contribution is 5.85. The summed E-state index contributed by atoms with van der Waals surface area (Å²) in [4.78, 5) is 16.1. The molecule has 5 rings (SSSR count). The average Bonchev–Trinajstić information content (AvgIpc) is 3.36. The molecule has 3 aromatic heterocycles. The summed E-state index contributed by atoms with van der Waals surface area (Å²) in [5, 5.41) is 8.56. The van der Waals surface area contributed by atoms with Crippen LogP contribution in [0.15, 0.2) is 55.1 Å². The van der Waals surface area contributed by atoms with Gasteiger partial charge in [-0.15, -0.1) is 0 Å². The van der Waals surface area contributed by atoms with Crippen LogP contribution in [0.25, 0.3) is 21.8 Å². The molecule has 0 spiro atoms. The number of H-pyrrole nitrogens is 2. The van der Waals surface area contributed by atoms with E-state index in [1.54, 1.807) is 0 Å². The van der Waals surface area contributed by atoms with Gasteiger partial charge in [-0.1, -0.05) is 0 Å². The minimum Gasteiger partial charge on any atom is -0.493 e. The second-order valence-electron chi connectivity index (χ2n) is 6.69. The van der Waals surface area contributed by atoms with Crippen molar-refractivity contribution in [1.82, 2.24) is 30.1 Å². The Balaban J connectivity index is 1.36. The van der Waals surface area contributed by atoms with Crippen LogP contribution in [0.5, 0.6) is 17.4 Å². The number of hydrogen-bond donors (Lipinski definition) is 2. The smallest absolute Gasteiger partial charge is 0.230 e. The summed E-state index contributed by atoms with van der Waals surface area (Å²) in [7, 11) is 0. The van der Waals surface area contributed by atoms with E-state index in [-0.39, 0.29) is 0 Å². The molecular weight excluding hydrogens is 368 g/mol. The van der Waals surface area contributed by atoms with Gasteiger partial charge in [-0.3, -0.25) is 5.10 Å². The number of hydrogen-bond acceptors (Lipinski definition) is 6. The standard InChI is InChI=1S/C21H18N6O2/c1-13-8-14-9-16(3-5-18(14)26-13)29-21-17-4-2-15(10-19(17)22-11-24-21)28-7-6-20-23-12-25-27-20/h2-5,8-12,26H,6-7H2,1H3,(H,23,25,27). The Morgan fingerprint density at radius 1 is 0.931 bits per heavy atom. The van der Waals surface area contributed by atoms with Gasteiger partial charge in [-0.25, -0.2) is 15.0 Å². The summed E-state index contributed by atoms with van der Waals surface area (Å²) < 4.78 is 11.9. The number of nitrogens with one attached hydrogen (secondary N) is 2. The highest BCUT2D eigenvalue weighted by Crippen LogP contribution is 2.30. The fraction of sp³-hybridized carbons (Fsp3) is 0.143. The van der Waals surface area contributed by atoms with Crippen molar-refractivity contribution in [2.45, 2.75) is 13.3 Å². The second-order valence-corrected chi connectivity index (χ2v) is 6.69. The maximum atomic E-state index is 6.05. The molecule has 0 saturated heterocycles. The number of aromatic nitrogens is 6. The Labute approximate surface area is 165 Å². The summed E-state index contributed by atoms with van der Waals surface area (Å²) in [5.41, 5.74) is 2.95. The minimum absolute atomic E-state index is 0.491. The summed E-state index contributed by atoms with van der Waals surface area (Å²) in [6, 6.07) is 13.7. The first-order chi connectivity index (χ1) is 14.2. The molecule has 0 bridgehead atoms. The van der Waals surface area contributed by atoms with Crippen molar-refractivity contribution >= 4 is 21.8 Å². The molecule has 2 aromatic carbocycles. The van der Waals surface area contributed by atoms with Crippen LogP contribution in [0.3, 0.4) is 0 Å². The van der Waals surface area contributed by atoms with E-state index in [9.17, 15) is 0 Å². The first-order valence-corrected chi connectivity index (χ1v) is 9.24. The molecule has 0 aliphatic rings. The molecule has 0 fully saturated rings. The predicted octanol–water partition coefficient (Wildman–Crippen LogP) is 3.95. The van der Waals surface area contributed by atoms with Crippen LogP contribution in [-0.2, 0) is 6.42 Å². The third-order valence-corrected chi connectivity index (χ3v) is 4.59. The number of benzene rings is 2. The fourth-order valence-corrected chi connectivity index (χ4v) is 3.23. The van der Waals surface area contributed by atoms with E-state index in [4.69, 9.17) is 9.47 Å². The van der Waals surface area contributed by atoms with E-state index in [0.717, 1.165) is 44.8 Å². The molecule has 0 aliphatic carbocycles. The van der Waals surface area contributed by atoms with Gasteiger partial charge in [0.25, 0.3) is 0 Å². The quantitative estimate of drug-likeness (QED) is 0.458. The van der Waals surface area contributed by atoms with Gasteiger partial charge in [0.2, 0.25) is 5.88 Å². The van der Waals surface area contributed by atoms with Crippen molar-refractivity contribution in [3.63, 3.8) is 0 Å². The largest absolute Gasteiger partial charge is 0.493 e. The van der Waals surface area contributed by atoms with Gasteiger partial charge in [0.1, 0.15) is 30.0 Å². The third-order valence-electron chi connectivity index (χ3n) is 4.59. The lowest BCUT2D eigenvalue weighted by Crippen LogP contribution is -2.03. The van der Waals surface area contributed by atoms with Crippen molar-refractivity contribution in [2.24, 2.45) is 0 Å². The maximum Gasteiger partial charge on any atom is 0.230 e.